The van der Waals surface area contributed by atoms with Crippen molar-refractivity contribution >= 4 is 5.82 Å². The largest absolute Gasteiger partial charge is 0.367 e. The summed E-state index contributed by atoms with van der Waals surface area (Å²) < 4.78 is 0. The minimum absolute atomic E-state index is 0.270. The highest BCUT2D eigenvalue weighted by Crippen LogP contribution is 2.08. The van der Waals surface area contributed by atoms with Crippen molar-refractivity contribution in [2.24, 2.45) is 0 Å². The van der Waals surface area contributed by atoms with E-state index in [9.17, 15) is 0 Å². The number of aromatic nitrogens is 2. The van der Waals surface area contributed by atoms with E-state index in [2.05, 4.69) is 15.3 Å². The monoisotopic (exact) mass is 162 g/mol. The number of anilines is 1. The molecule has 4 nitrogen and oxygen atoms in total. The Morgan fingerprint density at radius 3 is 2.92 bits per heavy atom. The zero-order valence-corrected chi connectivity index (χ0v) is 7.07. The van der Waals surface area contributed by atoms with Gasteiger partial charge in [0.1, 0.15) is 23.8 Å². The molecule has 0 bridgehead atoms. The molecular formula is C8H10N4. The summed E-state index contributed by atoms with van der Waals surface area (Å²) in [4.78, 5) is 7.69. The minimum Gasteiger partial charge on any atom is -0.367 e. The van der Waals surface area contributed by atoms with Crippen LogP contribution in [0.5, 0.6) is 0 Å². The SMILES string of the molecule is CC(C)Nc1ncncc1C#N. The summed E-state index contributed by atoms with van der Waals surface area (Å²) in [6, 6.07) is 2.28. The lowest BCUT2D eigenvalue weighted by atomic mass is 10.3. The molecule has 0 aliphatic heterocycles. The van der Waals surface area contributed by atoms with E-state index in [4.69, 9.17) is 5.26 Å². The van der Waals surface area contributed by atoms with Crippen molar-refractivity contribution in [3.8, 4) is 6.07 Å². The molecule has 0 aromatic carbocycles. The molecule has 62 valence electrons. The zero-order valence-electron chi connectivity index (χ0n) is 7.07. The predicted octanol–water partition coefficient (Wildman–Crippen LogP) is 1.17. The topological polar surface area (TPSA) is 61.6 Å². The quantitative estimate of drug-likeness (QED) is 0.709. The summed E-state index contributed by atoms with van der Waals surface area (Å²) >= 11 is 0. The van der Waals surface area contributed by atoms with Crippen LogP contribution in [0.15, 0.2) is 12.5 Å². The molecule has 0 atom stereocenters. The van der Waals surface area contributed by atoms with Crippen LogP contribution in [0.2, 0.25) is 0 Å². The van der Waals surface area contributed by atoms with Gasteiger partial charge < -0.3 is 5.32 Å². The smallest absolute Gasteiger partial charge is 0.147 e. The Kier molecular flexibility index (Phi) is 2.59. The van der Waals surface area contributed by atoms with Gasteiger partial charge in [0.15, 0.2) is 0 Å². The van der Waals surface area contributed by atoms with Crippen molar-refractivity contribution in [1.29, 1.82) is 5.26 Å². The molecule has 0 saturated carbocycles. The molecule has 0 saturated heterocycles. The number of nitriles is 1. The Hall–Kier alpha value is -1.63. The molecule has 0 radical (unpaired) electrons. The van der Waals surface area contributed by atoms with Gasteiger partial charge in [0.25, 0.3) is 0 Å². The van der Waals surface area contributed by atoms with Crippen molar-refractivity contribution in [2.45, 2.75) is 19.9 Å². The molecule has 0 unspecified atom stereocenters. The van der Waals surface area contributed by atoms with Crippen LogP contribution >= 0.6 is 0 Å². The van der Waals surface area contributed by atoms with Crippen LogP contribution in [0.25, 0.3) is 0 Å². The molecule has 1 N–H and O–H groups in total. The van der Waals surface area contributed by atoms with Crippen molar-refractivity contribution in [2.75, 3.05) is 5.32 Å². The molecule has 0 aliphatic rings. The maximum atomic E-state index is 8.66. The van der Waals surface area contributed by atoms with Gasteiger partial charge in [-0.3, -0.25) is 0 Å². The lowest BCUT2D eigenvalue weighted by molar-refractivity contribution is 0.884. The first-order valence-electron chi connectivity index (χ1n) is 3.70. The van der Waals surface area contributed by atoms with Gasteiger partial charge in [-0.2, -0.15) is 5.26 Å². The minimum atomic E-state index is 0.270. The molecule has 1 aromatic rings. The second-order valence-corrected chi connectivity index (χ2v) is 2.70. The summed E-state index contributed by atoms with van der Waals surface area (Å²) in [5.74, 6) is 0.600. The molecule has 0 spiro atoms. The first-order chi connectivity index (χ1) is 5.74. The third kappa shape index (κ3) is 1.92. The average Bonchev–Trinajstić information content (AvgIpc) is 2.04. The van der Waals surface area contributed by atoms with Crippen LogP contribution in [-0.4, -0.2) is 16.0 Å². The van der Waals surface area contributed by atoms with Gasteiger partial charge in [0.05, 0.1) is 6.20 Å². The molecule has 1 heterocycles. The fraction of sp³-hybridized carbons (Fsp3) is 0.375. The molecular weight excluding hydrogens is 152 g/mol. The lowest BCUT2D eigenvalue weighted by Crippen LogP contribution is -2.12. The summed E-state index contributed by atoms with van der Waals surface area (Å²) in [6.07, 6.45) is 2.92. The van der Waals surface area contributed by atoms with E-state index in [1.165, 1.54) is 12.5 Å². The van der Waals surface area contributed by atoms with Crippen LogP contribution < -0.4 is 5.32 Å². The number of hydrogen-bond donors (Lipinski definition) is 1. The Morgan fingerprint density at radius 1 is 1.58 bits per heavy atom. The van der Waals surface area contributed by atoms with Crippen LogP contribution in [0.3, 0.4) is 0 Å². The van der Waals surface area contributed by atoms with Crippen molar-refractivity contribution in [3.05, 3.63) is 18.1 Å². The van der Waals surface area contributed by atoms with Gasteiger partial charge in [0.2, 0.25) is 0 Å². The predicted molar refractivity (Wildman–Crippen MR) is 45.5 cm³/mol. The third-order valence-corrected chi connectivity index (χ3v) is 1.26. The highest BCUT2D eigenvalue weighted by molar-refractivity contribution is 5.50. The van der Waals surface area contributed by atoms with E-state index in [1.54, 1.807) is 0 Å². The fourth-order valence-electron chi connectivity index (χ4n) is 0.800. The first kappa shape index (κ1) is 8.47. The van der Waals surface area contributed by atoms with E-state index in [0.717, 1.165) is 0 Å². The zero-order chi connectivity index (χ0) is 8.97. The number of nitrogens with one attached hydrogen (secondary N) is 1. The second-order valence-electron chi connectivity index (χ2n) is 2.70. The van der Waals surface area contributed by atoms with Crippen molar-refractivity contribution < 1.29 is 0 Å². The van der Waals surface area contributed by atoms with Gasteiger partial charge in [-0.25, -0.2) is 9.97 Å². The van der Waals surface area contributed by atoms with E-state index in [1.807, 2.05) is 19.9 Å². The maximum Gasteiger partial charge on any atom is 0.147 e. The Morgan fingerprint density at radius 2 is 2.33 bits per heavy atom. The highest BCUT2D eigenvalue weighted by Gasteiger charge is 2.02. The van der Waals surface area contributed by atoms with Crippen LogP contribution in [0, 0.1) is 11.3 Å². The van der Waals surface area contributed by atoms with E-state index in [-0.39, 0.29) is 6.04 Å². The Bertz CT molecular complexity index is 300. The summed E-state index contributed by atoms with van der Waals surface area (Å²) in [7, 11) is 0. The summed E-state index contributed by atoms with van der Waals surface area (Å²) in [5.41, 5.74) is 0.478. The van der Waals surface area contributed by atoms with Crippen LogP contribution in [0.4, 0.5) is 5.82 Å². The van der Waals surface area contributed by atoms with E-state index >= 15 is 0 Å². The first-order valence-corrected chi connectivity index (χ1v) is 3.70. The highest BCUT2D eigenvalue weighted by atomic mass is 15.0. The van der Waals surface area contributed by atoms with Gasteiger partial charge in [-0.05, 0) is 13.8 Å². The summed E-state index contributed by atoms with van der Waals surface area (Å²) in [5, 5.41) is 11.7. The lowest BCUT2D eigenvalue weighted by Gasteiger charge is -2.08. The van der Waals surface area contributed by atoms with E-state index < -0.39 is 0 Å². The maximum absolute atomic E-state index is 8.66. The second kappa shape index (κ2) is 3.67. The number of rotatable bonds is 2. The fourth-order valence-corrected chi connectivity index (χ4v) is 0.800. The molecule has 0 amide bonds. The van der Waals surface area contributed by atoms with Crippen molar-refractivity contribution in [1.82, 2.24) is 9.97 Å². The Balaban J connectivity index is 2.91. The Labute approximate surface area is 71.3 Å². The molecule has 12 heavy (non-hydrogen) atoms. The normalized spacial score (nSPS) is 9.50. The summed E-state index contributed by atoms with van der Waals surface area (Å²) in [6.45, 7) is 3.98. The average molecular weight is 162 g/mol. The molecule has 4 heteroatoms. The van der Waals surface area contributed by atoms with Crippen molar-refractivity contribution in [3.63, 3.8) is 0 Å². The van der Waals surface area contributed by atoms with Gasteiger partial charge in [-0.1, -0.05) is 0 Å². The molecule has 0 fully saturated rings. The van der Waals surface area contributed by atoms with Gasteiger partial charge >= 0.3 is 0 Å². The van der Waals surface area contributed by atoms with Gasteiger partial charge in [-0.15, -0.1) is 0 Å². The molecule has 0 aliphatic carbocycles. The molecule has 1 aromatic heterocycles. The number of nitrogens with zero attached hydrogens (tertiary/aromatic N) is 3. The number of hydrogen-bond acceptors (Lipinski definition) is 4. The third-order valence-electron chi connectivity index (χ3n) is 1.26. The standard InChI is InChI=1S/C8H10N4/c1-6(2)12-8-7(3-9)4-10-5-11-8/h4-6H,1-2H3,(H,10,11,12). The van der Waals surface area contributed by atoms with Gasteiger partial charge in [0, 0.05) is 6.04 Å². The molecule has 1 rings (SSSR count). The van der Waals surface area contributed by atoms with Crippen LogP contribution in [-0.2, 0) is 0 Å². The van der Waals surface area contributed by atoms with Crippen LogP contribution in [0.1, 0.15) is 19.4 Å². The van der Waals surface area contributed by atoms with E-state index in [0.29, 0.717) is 11.4 Å².